The first-order chi connectivity index (χ1) is 12.4. The molecule has 2 aromatic rings. The molecule has 1 aliphatic carbocycles. The van der Waals surface area contributed by atoms with E-state index < -0.39 is 0 Å². The van der Waals surface area contributed by atoms with Crippen molar-refractivity contribution in [3.8, 4) is 0 Å². The van der Waals surface area contributed by atoms with Crippen LogP contribution in [0.5, 0.6) is 0 Å². The molecule has 140 valence electrons. The van der Waals surface area contributed by atoms with Crippen LogP contribution >= 0.6 is 11.3 Å². The van der Waals surface area contributed by atoms with Gasteiger partial charge in [0, 0.05) is 36.3 Å². The van der Waals surface area contributed by atoms with E-state index >= 15 is 0 Å². The Hall–Kier alpha value is -1.04. The summed E-state index contributed by atoms with van der Waals surface area (Å²) in [5.74, 6) is 1.62. The minimum atomic E-state index is 0.454. The zero-order valence-corrected chi connectivity index (χ0v) is 16.9. The molecule has 3 aliphatic heterocycles. The Kier molecular flexibility index (Phi) is 4.11. The second-order valence-electron chi connectivity index (χ2n) is 9.33. The van der Waals surface area contributed by atoms with Gasteiger partial charge in [-0.25, -0.2) is 9.97 Å². The highest BCUT2D eigenvalue weighted by Crippen LogP contribution is 2.45. The van der Waals surface area contributed by atoms with E-state index in [0.29, 0.717) is 23.5 Å². The molecule has 4 nitrogen and oxygen atoms in total. The Morgan fingerprint density at radius 2 is 1.88 bits per heavy atom. The van der Waals surface area contributed by atoms with Crippen LogP contribution in [-0.2, 0) is 11.3 Å². The maximum atomic E-state index is 5.78. The molecule has 5 heterocycles. The topological polar surface area (TPSA) is 38.2 Å². The summed E-state index contributed by atoms with van der Waals surface area (Å²) in [5, 5.41) is 1.29. The Morgan fingerprint density at radius 3 is 2.58 bits per heavy atom. The summed E-state index contributed by atoms with van der Waals surface area (Å²) >= 11 is 1.91. The van der Waals surface area contributed by atoms with Crippen LogP contribution in [0.3, 0.4) is 0 Å². The minimum Gasteiger partial charge on any atom is -0.372 e. The van der Waals surface area contributed by atoms with E-state index in [1.165, 1.54) is 52.9 Å². The molecule has 3 saturated heterocycles. The fraction of sp³-hybridized carbons (Fsp3) is 0.714. The molecular weight excluding hydrogens is 342 g/mol. The van der Waals surface area contributed by atoms with Gasteiger partial charge in [-0.3, -0.25) is 4.90 Å². The third kappa shape index (κ3) is 3.19. The lowest BCUT2D eigenvalue weighted by molar-refractivity contribution is -0.182. The average Bonchev–Trinajstić information content (AvgIpc) is 2.98. The largest absolute Gasteiger partial charge is 0.372 e. The maximum Gasteiger partial charge on any atom is 0.127 e. The molecule has 6 rings (SSSR count). The lowest BCUT2D eigenvalue weighted by atomic mass is 9.73. The molecule has 2 atom stereocenters. The monoisotopic (exact) mass is 371 g/mol. The van der Waals surface area contributed by atoms with Crippen LogP contribution in [-0.4, -0.2) is 40.2 Å². The van der Waals surface area contributed by atoms with Gasteiger partial charge in [0.05, 0.1) is 17.9 Å². The van der Waals surface area contributed by atoms with E-state index in [0.717, 1.165) is 25.5 Å². The molecule has 2 aromatic heterocycles. The maximum absolute atomic E-state index is 5.78. The Labute approximate surface area is 160 Å². The highest BCUT2D eigenvalue weighted by Gasteiger charge is 2.38. The number of hydrogen-bond donors (Lipinski definition) is 0. The molecule has 0 N–H and O–H groups in total. The van der Waals surface area contributed by atoms with Gasteiger partial charge in [0.15, 0.2) is 0 Å². The molecule has 0 aromatic carbocycles. The summed E-state index contributed by atoms with van der Waals surface area (Å²) < 4.78 is 5.78. The van der Waals surface area contributed by atoms with Gasteiger partial charge in [-0.1, -0.05) is 13.8 Å². The Balaban J connectivity index is 1.40. The standard InChI is InChI=1S/C21H29N3OS/c1-13-22-18(12-24-10-15-8-16(11-24)25-15)17-9-19(26-20(17)23-13)14-4-6-21(2,3)7-5-14/h9,14-16H,4-8,10-12H2,1-3H3. The van der Waals surface area contributed by atoms with Crippen molar-refractivity contribution >= 4 is 21.6 Å². The zero-order chi connectivity index (χ0) is 17.9. The first kappa shape index (κ1) is 17.1. The van der Waals surface area contributed by atoms with E-state index in [1.807, 2.05) is 18.3 Å². The summed E-state index contributed by atoms with van der Waals surface area (Å²) in [6.45, 7) is 9.89. The molecule has 0 amide bonds. The second kappa shape index (κ2) is 6.25. The van der Waals surface area contributed by atoms with Crippen molar-refractivity contribution in [1.82, 2.24) is 14.9 Å². The SMILES string of the molecule is Cc1nc(CN2CC3CC(C2)O3)c2cc(C3CCC(C)(C)CC3)sc2n1. The van der Waals surface area contributed by atoms with E-state index in [-0.39, 0.29) is 0 Å². The van der Waals surface area contributed by atoms with Crippen LogP contribution in [0.15, 0.2) is 6.07 Å². The number of hydrogen-bond acceptors (Lipinski definition) is 5. The van der Waals surface area contributed by atoms with Gasteiger partial charge in [0.25, 0.3) is 0 Å². The lowest BCUT2D eigenvalue weighted by Gasteiger charge is -2.47. The van der Waals surface area contributed by atoms with Gasteiger partial charge in [-0.05, 0) is 50.0 Å². The molecule has 0 spiro atoms. The fourth-order valence-corrected chi connectivity index (χ4v) is 6.17. The van der Waals surface area contributed by atoms with Crippen molar-refractivity contribution in [2.24, 2.45) is 5.41 Å². The van der Waals surface area contributed by atoms with Gasteiger partial charge in [0.2, 0.25) is 0 Å². The van der Waals surface area contributed by atoms with Gasteiger partial charge in [-0.2, -0.15) is 0 Å². The fourth-order valence-electron chi connectivity index (χ4n) is 4.90. The number of aryl methyl sites for hydroxylation is 1. The zero-order valence-electron chi connectivity index (χ0n) is 16.1. The molecule has 4 aliphatic rings. The van der Waals surface area contributed by atoms with Crippen molar-refractivity contribution in [1.29, 1.82) is 0 Å². The van der Waals surface area contributed by atoms with Gasteiger partial charge in [-0.15, -0.1) is 11.3 Å². The predicted molar refractivity (Wildman–Crippen MR) is 106 cm³/mol. The van der Waals surface area contributed by atoms with Crippen LogP contribution in [0.25, 0.3) is 10.2 Å². The first-order valence-corrected chi connectivity index (χ1v) is 10.9. The number of thiophene rings is 1. The Morgan fingerprint density at radius 1 is 1.19 bits per heavy atom. The predicted octanol–water partition coefficient (Wildman–Crippen LogP) is 4.66. The van der Waals surface area contributed by atoms with E-state index in [2.05, 4.69) is 24.8 Å². The smallest absolute Gasteiger partial charge is 0.127 e. The highest BCUT2D eigenvalue weighted by atomic mass is 32.1. The second-order valence-corrected chi connectivity index (χ2v) is 10.4. The van der Waals surface area contributed by atoms with Crippen molar-refractivity contribution in [3.63, 3.8) is 0 Å². The summed E-state index contributed by atoms with van der Waals surface area (Å²) in [4.78, 5) is 14.8. The number of nitrogens with zero attached hydrogens (tertiary/aromatic N) is 3. The quantitative estimate of drug-likeness (QED) is 0.787. The van der Waals surface area contributed by atoms with Crippen LogP contribution in [0.2, 0.25) is 0 Å². The number of rotatable bonds is 3. The van der Waals surface area contributed by atoms with Crippen molar-refractivity contribution < 1.29 is 4.74 Å². The average molecular weight is 372 g/mol. The molecule has 5 heteroatoms. The first-order valence-electron chi connectivity index (χ1n) is 10.1. The minimum absolute atomic E-state index is 0.454. The van der Waals surface area contributed by atoms with Crippen molar-refractivity contribution in [2.45, 2.75) is 77.5 Å². The Bertz CT molecular complexity index is 804. The van der Waals surface area contributed by atoms with E-state index in [9.17, 15) is 0 Å². The van der Waals surface area contributed by atoms with Crippen LogP contribution < -0.4 is 0 Å². The normalized spacial score (nSPS) is 29.0. The summed E-state index contributed by atoms with van der Waals surface area (Å²) in [6.07, 6.45) is 7.45. The number of aromatic nitrogens is 2. The van der Waals surface area contributed by atoms with Crippen LogP contribution in [0, 0.1) is 12.3 Å². The number of fused-ring (bicyclic) bond motifs is 3. The lowest BCUT2D eigenvalue weighted by Crippen LogP contribution is -2.56. The third-order valence-corrected chi connectivity index (χ3v) is 7.74. The van der Waals surface area contributed by atoms with Gasteiger partial charge < -0.3 is 4.74 Å². The van der Waals surface area contributed by atoms with E-state index in [1.54, 1.807) is 0 Å². The number of piperidine rings is 1. The molecule has 1 saturated carbocycles. The van der Waals surface area contributed by atoms with E-state index in [4.69, 9.17) is 14.7 Å². The van der Waals surface area contributed by atoms with Gasteiger partial charge in [0.1, 0.15) is 10.7 Å². The van der Waals surface area contributed by atoms with Gasteiger partial charge >= 0.3 is 0 Å². The van der Waals surface area contributed by atoms with Crippen molar-refractivity contribution in [2.75, 3.05) is 13.1 Å². The molecular formula is C21H29N3OS. The summed E-state index contributed by atoms with van der Waals surface area (Å²) in [7, 11) is 0. The van der Waals surface area contributed by atoms with Crippen LogP contribution in [0.4, 0.5) is 0 Å². The summed E-state index contributed by atoms with van der Waals surface area (Å²) in [6, 6.07) is 2.42. The molecule has 2 unspecified atom stereocenters. The highest BCUT2D eigenvalue weighted by molar-refractivity contribution is 7.18. The molecule has 4 fully saturated rings. The molecule has 2 bridgehead atoms. The number of morpholine rings is 1. The third-order valence-electron chi connectivity index (χ3n) is 6.55. The number of ether oxygens (including phenoxy) is 1. The summed E-state index contributed by atoms with van der Waals surface area (Å²) in [5.41, 5.74) is 1.73. The van der Waals surface area contributed by atoms with Crippen molar-refractivity contribution in [3.05, 3.63) is 22.5 Å². The molecule has 26 heavy (non-hydrogen) atoms. The van der Waals surface area contributed by atoms with Crippen LogP contribution in [0.1, 0.15) is 68.3 Å². The molecule has 0 radical (unpaired) electrons.